The highest BCUT2D eigenvalue weighted by Gasteiger charge is 2.07. The number of aliphatic hydroxyl groups is 1. The summed E-state index contributed by atoms with van der Waals surface area (Å²) in [5.74, 6) is 1.29. The van der Waals surface area contributed by atoms with Crippen LogP contribution in [0.2, 0.25) is 0 Å². The van der Waals surface area contributed by atoms with Gasteiger partial charge in [0, 0.05) is 49.2 Å². The van der Waals surface area contributed by atoms with E-state index in [0.29, 0.717) is 48.6 Å². The molecule has 2 aromatic heterocycles. The SMILES string of the molecule is CCO.CS(=O)(=O)CCCOc1cccc(Cn2cc(/C(N)=N/O)ccc2=O)c1.CS(=O)(=O)CCCOc1cccc(Cn2cc(C#N)ccc2=O)c1. The van der Waals surface area contributed by atoms with E-state index in [0.717, 1.165) is 11.1 Å². The molecular formula is C36H45N5O10S2. The molecule has 2 heterocycles. The predicted octanol–water partition coefficient (Wildman–Crippen LogP) is 2.38. The minimum atomic E-state index is -3.00. The third kappa shape index (κ3) is 17.6. The molecular weight excluding hydrogens is 727 g/mol. The zero-order valence-corrected chi connectivity index (χ0v) is 31.4. The van der Waals surface area contributed by atoms with Crippen LogP contribution in [-0.2, 0) is 32.8 Å². The third-order valence-corrected chi connectivity index (χ3v) is 8.92. The average Bonchev–Trinajstić information content (AvgIpc) is 3.10. The smallest absolute Gasteiger partial charge is 0.250 e. The number of nitrogens with two attached hydrogens (primary N) is 1. The molecule has 0 aliphatic heterocycles. The van der Waals surface area contributed by atoms with Gasteiger partial charge in [-0.3, -0.25) is 9.59 Å². The van der Waals surface area contributed by atoms with Gasteiger partial charge in [-0.15, -0.1) is 0 Å². The number of benzene rings is 2. The molecule has 0 amide bonds. The second-order valence-corrected chi connectivity index (χ2v) is 16.2. The summed E-state index contributed by atoms with van der Waals surface area (Å²) in [7, 11) is -5.98. The summed E-state index contributed by atoms with van der Waals surface area (Å²) in [6.45, 7) is 3.14. The zero-order valence-electron chi connectivity index (χ0n) is 29.8. The summed E-state index contributed by atoms with van der Waals surface area (Å²) in [5, 5.41) is 28.2. The number of aliphatic hydroxyl groups excluding tert-OH is 1. The van der Waals surface area contributed by atoms with Gasteiger partial charge in [0.15, 0.2) is 5.84 Å². The Morgan fingerprint density at radius 3 is 1.68 bits per heavy atom. The molecule has 286 valence electrons. The van der Waals surface area contributed by atoms with Crippen LogP contribution in [0.5, 0.6) is 11.5 Å². The number of hydrogen-bond acceptors (Lipinski definition) is 12. The van der Waals surface area contributed by atoms with E-state index in [1.807, 2.05) is 18.2 Å². The maximum Gasteiger partial charge on any atom is 0.250 e. The topological polar surface area (TPSA) is 233 Å². The van der Waals surface area contributed by atoms with E-state index < -0.39 is 19.7 Å². The third-order valence-electron chi connectivity index (χ3n) is 6.86. The summed E-state index contributed by atoms with van der Waals surface area (Å²) >= 11 is 0. The van der Waals surface area contributed by atoms with Gasteiger partial charge in [-0.1, -0.05) is 29.4 Å². The minimum Gasteiger partial charge on any atom is -0.494 e. The molecule has 0 aliphatic carbocycles. The van der Waals surface area contributed by atoms with E-state index in [-0.39, 0.29) is 48.2 Å². The van der Waals surface area contributed by atoms with Crippen molar-refractivity contribution in [2.45, 2.75) is 32.9 Å². The first-order chi connectivity index (χ1) is 25.1. The van der Waals surface area contributed by atoms with Gasteiger partial charge in [0.1, 0.15) is 37.2 Å². The van der Waals surface area contributed by atoms with E-state index in [1.54, 1.807) is 43.3 Å². The Balaban J connectivity index is 0.000000342. The normalized spacial score (nSPS) is 11.3. The number of ether oxygens (including phenoxy) is 2. The average molecular weight is 772 g/mol. The van der Waals surface area contributed by atoms with Gasteiger partial charge in [0.2, 0.25) is 0 Å². The van der Waals surface area contributed by atoms with E-state index >= 15 is 0 Å². The van der Waals surface area contributed by atoms with E-state index in [1.165, 1.54) is 58.3 Å². The van der Waals surface area contributed by atoms with Crippen LogP contribution >= 0.6 is 0 Å². The Morgan fingerprint density at radius 2 is 1.25 bits per heavy atom. The Bertz CT molecular complexity index is 2190. The molecule has 0 aliphatic rings. The fraction of sp³-hybridized carbons (Fsp3) is 0.333. The Labute approximate surface area is 309 Å². The molecule has 0 saturated carbocycles. The summed E-state index contributed by atoms with van der Waals surface area (Å²) in [5.41, 5.74) is 7.67. The molecule has 0 fully saturated rings. The van der Waals surface area contributed by atoms with Crippen molar-refractivity contribution in [2.75, 3.05) is 43.8 Å². The van der Waals surface area contributed by atoms with Gasteiger partial charge < -0.3 is 34.7 Å². The van der Waals surface area contributed by atoms with Crippen molar-refractivity contribution in [1.82, 2.24) is 9.13 Å². The van der Waals surface area contributed by atoms with E-state index in [9.17, 15) is 26.4 Å². The van der Waals surface area contributed by atoms with Crippen molar-refractivity contribution in [3.05, 3.63) is 128 Å². The predicted molar refractivity (Wildman–Crippen MR) is 202 cm³/mol. The lowest BCUT2D eigenvalue weighted by Crippen LogP contribution is -2.23. The lowest BCUT2D eigenvalue weighted by molar-refractivity contribution is 0.317. The lowest BCUT2D eigenvalue weighted by atomic mass is 10.2. The number of sulfone groups is 2. The van der Waals surface area contributed by atoms with Crippen molar-refractivity contribution in [3.8, 4) is 17.6 Å². The first-order valence-electron chi connectivity index (χ1n) is 16.3. The summed E-state index contributed by atoms with van der Waals surface area (Å²) in [6, 6.07) is 22.1. The number of nitriles is 1. The number of oxime groups is 1. The van der Waals surface area contributed by atoms with E-state index in [2.05, 4.69) is 5.16 Å². The van der Waals surface area contributed by atoms with Gasteiger partial charge >= 0.3 is 0 Å². The highest BCUT2D eigenvalue weighted by molar-refractivity contribution is 7.90. The largest absolute Gasteiger partial charge is 0.494 e. The fourth-order valence-corrected chi connectivity index (χ4v) is 5.75. The lowest BCUT2D eigenvalue weighted by Gasteiger charge is -2.10. The van der Waals surface area contributed by atoms with Crippen LogP contribution in [0.4, 0.5) is 0 Å². The molecule has 4 aromatic rings. The molecule has 0 spiro atoms. The fourth-order valence-electron chi connectivity index (χ4n) is 4.47. The van der Waals surface area contributed by atoms with Gasteiger partial charge in [0.25, 0.3) is 11.1 Å². The molecule has 0 saturated heterocycles. The van der Waals surface area contributed by atoms with Gasteiger partial charge in [-0.2, -0.15) is 5.26 Å². The maximum absolute atomic E-state index is 12.0. The number of aromatic nitrogens is 2. The minimum absolute atomic E-state index is 0.0721. The molecule has 2 aromatic carbocycles. The van der Waals surface area contributed by atoms with Crippen LogP contribution in [0.1, 0.15) is 42.0 Å². The highest BCUT2D eigenvalue weighted by Crippen LogP contribution is 2.16. The summed E-state index contributed by atoms with van der Waals surface area (Å²) in [4.78, 5) is 23.9. The first kappa shape index (κ1) is 43.7. The Morgan fingerprint density at radius 1 is 0.792 bits per heavy atom. The van der Waals surface area contributed by atoms with Crippen LogP contribution in [0.15, 0.2) is 99.9 Å². The summed E-state index contributed by atoms with van der Waals surface area (Å²) in [6.07, 6.45) is 6.24. The van der Waals surface area contributed by atoms with Crippen molar-refractivity contribution in [3.63, 3.8) is 0 Å². The number of hydrogen-bond donors (Lipinski definition) is 3. The highest BCUT2D eigenvalue weighted by atomic mass is 32.2. The number of rotatable bonds is 15. The molecule has 0 atom stereocenters. The van der Waals surface area contributed by atoms with Crippen LogP contribution in [0.25, 0.3) is 0 Å². The van der Waals surface area contributed by atoms with Crippen molar-refractivity contribution in [1.29, 1.82) is 5.26 Å². The molecule has 53 heavy (non-hydrogen) atoms. The van der Waals surface area contributed by atoms with Gasteiger partial charge in [-0.25, -0.2) is 16.8 Å². The molecule has 0 bridgehead atoms. The van der Waals surface area contributed by atoms with Crippen LogP contribution < -0.4 is 26.3 Å². The number of pyridine rings is 2. The molecule has 15 nitrogen and oxygen atoms in total. The van der Waals surface area contributed by atoms with E-state index in [4.69, 9.17) is 30.8 Å². The Kier molecular flexibility index (Phi) is 18.0. The zero-order chi connectivity index (χ0) is 39.4. The second kappa shape index (κ2) is 21.8. The van der Waals surface area contributed by atoms with Gasteiger partial charge in [0.05, 0.1) is 43.4 Å². The van der Waals surface area contributed by atoms with Crippen molar-refractivity contribution in [2.24, 2.45) is 10.9 Å². The van der Waals surface area contributed by atoms with Gasteiger partial charge in [-0.05, 0) is 67.3 Å². The molecule has 4 rings (SSSR count). The van der Waals surface area contributed by atoms with Crippen molar-refractivity contribution < 1.29 is 36.6 Å². The number of amidine groups is 1. The number of nitrogens with zero attached hydrogens (tertiary/aromatic N) is 4. The maximum atomic E-state index is 12.0. The quantitative estimate of drug-likeness (QED) is 0.0520. The molecule has 0 radical (unpaired) electrons. The van der Waals surface area contributed by atoms with Crippen LogP contribution in [0, 0.1) is 11.3 Å². The first-order valence-corrected chi connectivity index (χ1v) is 20.4. The summed E-state index contributed by atoms with van der Waals surface area (Å²) < 4.78 is 58.4. The molecule has 4 N–H and O–H groups in total. The molecule has 0 unspecified atom stereocenters. The van der Waals surface area contributed by atoms with Crippen LogP contribution in [0.3, 0.4) is 0 Å². The van der Waals surface area contributed by atoms with Crippen molar-refractivity contribution >= 4 is 25.5 Å². The molecule has 17 heteroatoms. The van der Waals surface area contributed by atoms with Crippen LogP contribution in [-0.4, -0.2) is 86.0 Å². The standard InChI is InChI=1S/C17H21N3O5S.C17H18N2O4S.C2H6O/c1-26(23,24)9-3-8-25-15-5-2-4-13(10-15)11-20-12-14(17(18)19-22)6-7-16(20)21;1-24(21,22)9-3-8-23-16-5-2-4-14(10-16)12-19-13-15(11-18)6-7-17(19)20;1-2-3/h2,4-7,10,12,22H,3,8-9,11H2,1H3,(H2,18,19);2,4-7,10,13H,3,8-9,12H2,1H3;3H,2H2,1H3. The monoisotopic (exact) mass is 771 g/mol. The Hall–Kier alpha value is -5.44. The second-order valence-electron chi connectivity index (χ2n) is 11.6.